The van der Waals surface area contributed by atoms with Gasteiger partial charge in [0.15, 0.2) is 0 Å². The third-order valence-electron chi connectivity index (χ3n) is 4.86. The summed E-state index contributed by atoms with van der Waals surface area (Å²) in [6.45, 7) is 6.77. The van der Waals surface area contributed by atoms with Crippen LogP contribution in [0.25, 0.3) is 0 Å². The van der Waals surface area contributed by atoms with Gasteiger partial charge in [-0.05, 0) is 56.2 Å². The molecule has 1 aliphatic carbocycles. The van der Waals surface area contributed by atoms with E-state index in [-0.39, 0.29) is 5.41 Å². The molecule has 0 amide bonds. The van der Waals surface area contributed by atoms with Crippen LogP contribution in [0.2, 0.25) is 0 Å². The average Bonchev–Trinajstić information content (AvgIpc) is 2.47. The molecular weight excluding hydrogens is 294 g/mol. The zero-order valence-corrected chi connectivity index (χ0v) is 15.0. The monoisotopic (exact) mass is 323 g/mol. The number of hydrogen-bond acceptors (Lipinski definition) is 2. The molecule has 4 heteroatoms. The van der Waals surface area contributed by atoms with Crippen molar-refractivity contribution in [1.29, 1.82) is 0 Å². The van der Waals surface area contributed by atoms with E-state index in [4.69, 9.17) is 0 Å². The van der Waals surface area contributed by atoms with E-state index in [1.54, 1.807) is 12.4 Å². The second-order valence-corrected chi connectivity index (χ2v) is 9.80. The van der Waals surface area contributed by atoms with Gasteiger partial charge in [-0.2, -0.15) is 0 Å². The van der Waals surface area contributed by atoms with Crippen LogP contribution in [-0.2, 0) is 9.71 Å². The van der Waals surface area contributed by atoms with Crippen LogP contribution >= 0.6 is 0 Å². The van der Waals surface area contributed by atoms with E-state index in [1.165, 1.54) is 0 Å². The quantitative estimate of drug-likeness (QED) is 0.839. The molecule has 0 radical (unpaired) electrons. The van der Waals surface area contributed by atoms with Crippen LogP contribution in [0.1, 0.15) is 46.5 Å². The first-order chi connectivity index (χ1) is 10.2. The maximum Gasteiger partial charge on any atom is 0.0919 e. The van der Waals surface area contributed by atoms with Gasteiger partial charge in [0.25, 0.3) is 0 Å². The summed E-state index contributed by atoms with van der Waals surface area (Å²) in [5.74, 6) is 0.614. The van der Waals surface area contributed by atoms with Gasteiger partial charge in [0.1, 0.15) is 0 Å². The standard InChI is InChI=1S/C18H29NO2S/c1-17(2,3)15-10-12-18(20,13-11-15)14-22(21,19-4)16-8-6-5-7-9-16/h5-9,14-15,20H,10-13H2,1-4H3,(H,19,21). The van der Waals surface area contributed by atoms with Gasteiger partial charge in [0.05, 0.1) is 15.3 Å². The van der Waals surface area contributed by atoms with E-state index in [0.717, 1.165) is 17.7 Å². The van der Waals surface area contributed by atoms with Gasteiger partial charge < -0.3 is 5.11 Å². The van der Waals surface area contributed by atoms with Crippen molar-refractivity contribution >= 4 is 15.1 Å². The Balaban J connectivity index is 2.26. The molecule has 1 atom stereocenters. The van der Waals surface area contributed by atoms with Gasteiger partial charge in [0, 0.05) is 10.3 Å². The number of benzene rings is 1. The van der Waals surface area contributed by atoms with Crippen LogP contribution in [0.15, 0.2) is 35.2 Å². The maximum absolute atomic E-state index is 13.2. The van der Waals surface area contributed by atoms with Gasteiger partial charge in [0.2, 0.25) is 0 Å². The van der Waals surface area contributed by atoms with E-state index in [0.29, 0.717) is 18.8 Å². The lowest BCUT2D eigenvalue weighted by atomic mass is 9.69. The van der Waals surface area contributed by atoms with E-state index in [2.05, 4.69) is 25.5 Å². The first-order valence-electron chi connectivity index (χ1n) is 8.05. The van der Waals surface area contributed by atoms with E-state index in [9.17, 15) is 9.32 Å². The van der Waals surface area contributed by atoms with Crippen molar-refractivity contribution in [3.05, 3.63) is 30.3 Å². The molecule has 1 aliphatic rings. The maximum atomic E-state index is 13.2. The molecule has 1 fully saturated rings. The largest absolute Gasteiger partial charge is 0.385 e. The fourth-order valence-electron chi connectivity index (χ4n) is 3.28. The molecule has 0 saturated heterocycles. The van der Waals surface area contributed by atoms with Crippen LogP contribution in [0, 0.1) is 11.3 Å². The highest BCUT2D eigenvalue weighted by Crippen LogP contribution is 2.41. The fourth-order valence-corrected chi connectivity index (χ4v) is 5.18. The number of hydrogen-bond donors (Lipinski definition) is 2. The Morgan fingerprint density at radius 3 is 2.23 bits per heavy atom. The molecule has 0 spiro atoms. The van der Waals surface area contributed by atoms with E-state index >= 15 is 0 Å². The van der Waals surface area contributed by atoms with Crippen molar-refractivity contribution in [2.75, 3.05) is 7.05 Å². The molecule has 1 aromatic rings. The summed E-state index contributed by atoms with van der Waals surface area (Å²) in [5.41, 5.74) is -0.678. The van der Waals surface area contributed by atoms with Gasteiger partial charge >= 0.3 is 0 Å². The molecule has 2 rings (SSSR count). The summed E-state index contributed by atoms with van der Waals surface area (Å²) >= 11 is 0. The summed E-state index contributed by atoms with van der Waals surface area (Å²) in [6, 6.07) is 9.35. The Labute approximate surface area is 135 Å². The van der Waals surface area contributed by atoms with Crippen molar-refractivity contribution in [2.45, 2.75) is 57.0 Å². The summed E-state index contributed by atoms with van der Waals surface area (Å²) in [5, 5.41) is 12.6. The molecule has 0 aromatic heterocycles. The first-order valence-corrected chi connectivity index (χ1v) is 9.67. The van der Waals surface area contributed by atoms with Crippen molar-refractivity contribution in [1.82, 2.24) is 4.72 Å². The minimum absolute atomic E-state index is 0.269. The Hall–Kier alpha value is -0.840. The number of rotatable bonds is 3. The lowest BCUT2D eigenvalue weighted by Gasteiger charge is -2.40. The van der Waals surface area contributed by atoms with E-state index in [1.807, 2.05) is 30.3 Å². The third kappa shape index (κ3) is 3.92. The number of nitrogens with one attached hydrogen (secondary N) is 1. The zero-order valence-electron chi connectivity index (χ0n) is 14.1. The van der Waals surface area contributed by atoms with Crippen molar-refractivity contribution in [2.24, 2.45) is 11.3 Å². The average molecular weight is 324 g/mol. The molecule has 0 aliphatic heterocycles. The lowest BCUT2D eigenvalue weighted by Crippen LogP contribution is -2.42. The summed E-state index contributed by atoms with van der Waals surface area (Å²) in [7, 11) is -0.851. The van der Waals surface area contributed by atoms with Crippen LogP contribution < -0.4 is 4.72 Å². The molecule has 22 heavy (non-hydrogen) atoms. The third-order valence-corrected chi connectivity index (χ3v) is 7.21. The van der Waals surface area contributed by atoms with Crippen LogP contribution in [-0.4, -0.2) is 27.3 Å². The predicted octanol–water partition coefficient (Wildman–Crippen LogP) is 3.23. The van der Waals surface area contributed by atoms with E-state index < -0.39 is 15.3 Å². The van der Waals surface area contributed by atoms with Gasteiger partial charge in [-0.15, -0.1) is 0 Å². The van der Waals surface area contributed by atoms with Gasteiger partial charge in [-0.1, -0.05) is 39.0 Å². The summed E-state index contributed by atoms with van der Waals surface area (Å²) < 4.78 is 16.1. The molecular formula is C18H29NO2S. The second kappa shape index (κ2) is 6.34. The molecule has 3 nitrogen and oxygen atoms in total. The number of aliphatic hydroxyl groups is 1. The fraction of sp³-hybridized carbons (Fsp3) is 0.611. The predicted molar refractivity (Wildman–Crippen MR) is 94.3 cm³/mol. The Bertz CT molecular complexity index is 602. The van der Waals surface area contributed by atoms with Crippen molar-refractivity contribution in [3.8, 4) is 0 Å². The summed E-state index contributed by atoms with van der Waals surface area (Å²) in [6.07, 6.45) is 3.32. The van der Waals surface area contributed by atoms with Crippen molar-refractivity contribution < 1.29 is 9.32 Å². The van der Waals surface area contributed by atoms with Crippen LogP contribution in [0.5, 0.6) is 0 Å². The second-order valence-electron chi connectivity index (χ2n) is 7.48. The molecule has 124 valence electrons. The molecule has 0 bridgehead atoms. The molecule has 1 unspecified atom stereocenters. The smallest absolute Gasteiger partial charge is 0.0919 e. The Morgan fingerprint density at radius 1 is 1.23 bits per heavy atom. The summed E-state index contributed by atoms with van der Waals surface area (Å²) in [4.78, 5) is 0.726. The highest BCUT2D eigenvalue weighted by atomic mass is 32.2. The molecule has 1 aromatic carbocycles. The molecule has 0 heterocycles. The minimum atomic E-state index is -2.54. The molecule has 1 saturated carbocycles. The lowest BCUT2D eigenvalue weighted by molar-refractivity contribution is 0.0342. The minimum Gasteiger partial charge on any atom is -0.385 e. The Kier molecular flexibility index (Phi) is 5.05. The normalized spacial score (nSPS) is 28.9. The highest BCUT2D eigenvalue weighted by Gasteiger charge is 2.37. The Morgan fingerprint density at radius 2 is 1.77 bits per heavy atom. The first kappa shape index (κ1) is 17.5. The zero-order chi connectivity index (χ0) is 16.4. The topological polar surface area (TPSA) is 49.3 Å². The molecule has 2 N–H and O–H groups in total. The van der Waals surface area contributed by atoms with Gasteiger partial charge in [-0.25, -0.2) is 8.93 Å². The van der Waals surface area contributed by atoms with Crippen LogP contribution in [0.4, 0.5) is 0 Å². The van der Waals surface area contributed by atoms with Gasteiger partial charge in [-0.3, -0.25) is 0 Å². The van der Waals surface area contributed by atoms with Crippen molar-refractivity contribution in [3.63, 3.8) is 0 Å². The SMILES string of the molecule is CNS(=O)(=CC1(O)CCC(C(C)(C)C)CC1)c1ccccc1. The van der Waals surface area contributed by atoms with Crippen LogP contribution in [0.3, 0.4) is 0 Å². The highest BCUT2D eigenvalue weighted by molar-refractivity contribution is 7.99.